The highest BCUT2D eigenvalue weighted by Crippen LogP contribution is 2.26. The summed E-state index contributed by atoms with van der Waals surface area (Å²) in [6.45, 7) is 6.23. The summed E-state index contributed by atoms with van der Waals surface area (Å²) in [5, 5.41) is 0. The van der Waals surface area contributed by atoms with Gasteiger partial charge in [-0.2, -0.15) is 24.9 Å². The molecule has 7 heteroatoms. The van der Waals surface area contributed by atoms with Gasteiger partial charge in [-0.3, -0.25) is 0 Å². The van der Waals surface area contributed by atoms with Crippen LogP contribution in [0.3, 0.4) is 0 Å². The summed E-state index contributed by atoms with van der Waals surface area (Å²) >= 11 is 1.33. The molecule has 0 N–H and O–H groups in total. The molecule has 1 rings (SSSR count). The summed E-state index contributed by atoms with van der Waals surface area (Å²) in [7, 11) is 0. The first-order valence-electron chi connectivity index (χ1n) is 7.72. The first kappa shape index (κ1) is 19.5. The second-order valence-corrected chi connectivity index (χ2v) is 7.81. The molecule has 0 unspecified atom stereocenters. The summed E-state index contributed by atoms with van der Waals surface area (Å²) in [5.74, 6) is 0.818. The Morgan fingerprint density at radius 1 is 1.27 bits per heavy atom. The van der Waals surface area contributed by atoms with E-state index in [1.165, 1.54) is 11.8 Å². The Balaban J connectivity index is 2.23. The molecule has 0 saturated carbocycles. The predicted octanol–water partition coefficient (Wildman–Crippen LogP) is 4.85. The van der Waals surface area contributed by atoms with Crippen molar-refractivity contribution in [1.29, 1.82) is 0 Å². The van der Waals surface area contributed by atoms with Gasteiger partial charge in [0, 0.05) is 18.3 Å². The zero-order chi connectivity index (χ0) is 16.8. The van der Waals surface area contributed by atoms with Gasteiger partial charge in [-0.15, -0.1) is 0 Å². The number of halogens is 3. The van der Waals surface area contributed by atoms with E-state index in [0.29, 0.717) is 12.3 Å². The molecule has 1 fully saturated rings. The first-order valence-corrected chi connectivity index (χ1v) is 8.88. The summed E-state index contributed by atoms with van der Waals surface area (Å²) in [4.78, 5) is 13.9. The number of likely N-dealkylation sites (tertiary alicyclic amines) is 1. The van der Waals surface area contributed by atoms with Gasteiger partial charge in [0.25, 0.3) is 0 Å². The van der Waals surface area contributed by atoms with Crippen LogP contribution in [-0.2, 0) is 4.74 Å². The number of carbonyl (C=O) groups excluding carboxylic acids is 1. The van der Waals surface area contributed by atoms with Gasteiger partial charge in [0.05, 0.1) is 6.42 Å². The van der Waals surface area contributed by atoms with Crippen molar-refractivity contribution in [3.8, 4) is 0 Å². The molecule has 22 heavy (non-hydrogen) atoms. The average molecular weight is 341 g/mol. The van der Waals surface area contributed by atoms with Crippen LogP contribution in [0.5, 0.6) is 0 Å². The van der Waals surface area contributed by atoms with E-state index in [-0.39, 0.29) is 17.9 Å². The highest BCUT2D eigenvalue weighted by Gasteiger charge is 2.31. The predicted molar refractivity (Wildman–Crippen MR) is 83.2 cm³/mol. The molecule has 130 valence electrons. The van der Waals surface area contributed by atoms with Gasteiger partial charge in [-0.25, -0.2) is 4.79 Å². The average Bonchev–Trinajstić information content (AvgIpc) is 2.78. The topological polar surface area (TPSA) is 29.5 Å². The molecule has 1 amide bonds. The van der Waals surface area contributed by atoms with E-state index < -0.39 is 18.2 Å². The number of amides is 1. The number of rotatable bonds is 6. The molecule has 1 saturated heterocycles. The van der Waals surface area contributed by atoms with E-state index in [9.17, 15) is 18.0 Å². The van der Waals surface area contributed by atoms with Crippen LogP contribution in [0.2, 0.25) is 0 Å². The van der Waals surface area contributed by atoms with E-state index in [0.717, 1.165) is 25.7 Å². The van der Waals surface area contributed by atoms with Crippen LogP contribution in [-0.4, -0.2) is 46.9 Å². The normalized spacial score (nSPS) is 19.5. The van der Waals surface area contributed by atoms with Crippen molar-refractivity contribution in [2.75, 3.05) is 18.1 Å². The zero-order valence-electron chi connectivity index (χ0n) is 13.5. The Kier molecular flexibility index (Phi) is 7.35. The lowest BCUT2D eigenvalue weighted by atomic mass is 10.1. The number of alkyl halides is 3. The maximum Gasteiger partial charge on any atom is 0.410 e. The molecular weight excluding hydrogens is 315 g/mol. The highest BCUT2D eigenvalue weighted by atomic mass is 32.2. The molecule has 1 atom stereocenters. The molecule has 0 aromatic carbocycles. The number of nitrogens with zero attached hydrogens (tertiary/aromatic N) is 1. The van der Waals surface area contributed by atoms with Crippen LogP contribution in [0.15, 0.2) is 0 Å². The van der Waals surface area contributed by atoms with E-state index in [2.05, 4.69) is 0 Å². The molecule has 0 bridgehead atoms. The van der Waals surface area contributed by atoms with Gasteiger partial charge in [-0.05, 0) is 52.2 Å². The van der Waals surface area contributed by atoms with Crippen molar-refractivity contribution in [2.24, 2.45) is 0 Å². The van der Waals surface area contributed by atoms with E-state index in [1.807, 2.05) is 20.8 Å². The van der Waals surface area contributed by atoms with Crippen molar-refractivity contribution in [3.63, 3.8) is 0 Å². The molecule has 1 heterocycles. The molecule has 1 aliphatic rings. The van der Waals surface area contributed by atoms with Gasteiger partial charge >= 0.3 is 12.3 Å². The van der Waals surface area contributed by atoms with E-state index in [1.54, 1.807) is 4.90 Å². The third kappa shape index (κ3) is 8.15. The van der Waals surface area contributed by atoms with E-state index in [4.69, 9.17) is 4.74 Å². The highest BCUT2D eigenvalue weighted by molar-refractivity contribution is 7.99. The van der Waals surface area contributed by atoms with Crippen LogP contribution in [0.1, 0.15) is 52.9 Å². The van der Waals surface area contributed by atoms with Crippen molar-refractivity contribution in [3.05, 3.63) is 0 Å². The minimum Gasteiger partial charge on any atom is -0.444 e. The Bertz CT molecular complexity index is 356. The minimum absolute atomic E-state index is 0.115. The molecule has 0 spiro atoms. The van der Waals surface area contributed by atoms with Crippen LogP contribution >= 0.6 is 11.8 Å². The summed E-state index contributed by atoms with van der Waals surface area (Å²) in [5.41, 5.74) is -0.502. The van der Waals surface area contributed by atoms with E-state index >= 15 is 0 Å². The lowest BCUT2D eigenvalue weighted by molar-refractivity contribution is -0.129. The lowest BCUT2D eigenvalue weighted by Gasteiger charge is -2.28. The van der Waals surface area contributed by atoms with Crippen molar-refractivity contribution < 1.29 is 22.7 Å². The van der Waals surface area contributed by atoms with Crippen LogP contribution in [0.25, 0.3) is 0 Å². The number of ether oxygens (including phenoxy) is 1. The number of hydrogen-bond donors (Lipinski definition) is 0. The molecule has 0 aromatic heterocycles. The summed E-state index contributed by atoms with van der Waals surface area (Å²) < 4.78 is 41.4. The fourth-order valence-corrected chi connectivity index (χ4v) is 3.36. The number of carbonyl (C=O) groups is 1. The lowest BCUT2D eigenvalue weighted by Crippen LogP contribution is -2.39. The molecular formula is C15H26F3NO2S. The van der Waals surface area contributed by atoms with Gasteiger partial charge in [0.15, 0.2) is 0 Å². The van der Waals surface area contributed by atoms with Gasteiger partial charge in [0.2, 0.25) is 0 Å². The molecule has 0 aromatic rings. The Hall–Kier alpha value is -0.590. The zero-order valence-corrected chi connectivity index (χ0v) is 14.4. The second-order valence-electron chi connectivity index (χ2n) is 6.59. The Morgan fingerprint density at radius 2 is 1.95 bits per heavy atom. The van der Waals surface area contributed by atoms with Crippen molar-refractivity contribution >= 4 is 17.9 Å². The fourth-order valence-electron chi connectivity index (χ4n) is 2.41. The number of hydrogen-bond acceptors (Lipinski definition) is 3. The maximum absolute atomic E-state index is 12.1. The van der Waals surface area contributed by atoms with Crippen LogP contribution in [0.4, 0.5) is 18.0 Å². The van der Waals surface area contributed by atoms with Gasteiger partial charge in [0.1, 0.15) is 5.60 Å². The van der Waals surface area contributed by atoms with Gasteiger partial charge in [-0.1, -0.05) is 0 Å². The maximum atomic E-state index is 12.1. The van der Waals surface area contributed by atoms with Crippen molar-refractivity contribution in [1.82, 2.24) is 4.90 Å². The third-order valence-electron chi connectivity index (χ3n) is 3.36. The van der Waals surface area contributed by atoms with Crippen LogP contribution in [0, 0.1) is 0 Å². The quantitative estimate of drug-likeness (QED) is 0.647. The molecule has 0 radical (unpaired) electrons. The monoisotopic (exact) mass is 341 g/mol. The Labute approximate surface area is 134 Å². The standard InChI is InChI=1S/C15H26F3NO2S/c1-14(2,3)21-13(20)19-9-4-6-12(19)7-5-10-22-11-8-15(16,17)18/h12H,4-11H2,1-3H3/t12-/m1/s1. The smallest absolute Gasteiger partial charge is 0.410 e. The summed E-state index contributed by atoms with van der Waals surface area (Å²) in [6.07, 6.45) is -1.50. The fraction of sp³-hybridized carbons (Fsp3) is 0.933. The minimum atomic E-state index is -4.06. The first-order chi connectivity index (χ1) is 10.1. The SMILES string of the molecule is CC(C)(C)OC(=O)N1CCC[C@@H]1CCCSCCC(F)(F)F. The number of thioether (sulfide) groups is 1. The largest absolute Gasteiger partial charge is 0.444 e. The second kappa shape index (κ2) is 8.31. The van der Waals surface area contributed by atoms with Gasteiger partial charge < -0.3 is 9.64 Å². The molecule has 1 aliphatic heterocycles. The summed E-state index contributed by atoms with van der Waals surface area (Å²) in [6, 6.07) is 0.165. The van der Waals surface area contributed by atoms with Crippen molar-refractivity contribution in [2.45, 2.75) is 70.7 Å². The third-order valence-corrected chi connectivity index (χ3v) is 4.43. The van der Waals surface area contributed by atoms with Crippen LogP contribution < -0.4 is 0 Å². The molecule has 3 nitrogen and oxygen atoms in total. The Morgan fingerprint density at radius 3 is 2.55 bits per heavy atom. The molecule has 0 aliphatic carbocycles.